The lowest BCUT2D eigenvalue weighted by Crippen LogP contribution is -2.49. The highest BCUT2D eigenvalue weighted by molar-refractivity contribution is 9.10. The molecule has 1 amide bonds. The maximum Gasteiger partial charge on any atom is 0.256 e. The van der Waals surface area contributed by atoms with Gasteiger partial charge < -0.3 is 4.90 Å². The molecule has 1 aliphatic heterocycles. The van der Waals surface area contributed by atoms with Crippen LogP contribution in [0.4, 0.5) is 4.39 Å². The predicted molar refractivity (Wildman–Crippen MR) is 94.2 cm³/mol. The largest absolute Gasteiger partial charge is 0.336 e. The first-order chi connectivity index (χ1) is 11.6. The number of carbonyl (C=O) groups is 1. The summed E-state index contributed by atoms with van der Waals surface area (Å²) in [6.45, 7) is 4.85. The van der Waals surface area contributed by atoms with Crippen LogP contribution in [0.1, 0.15) is 28.9 Å². The number of rotatable bonds is 3. The lowest BCUT2D eigenvalue weighted by atomic mass is 10.1. The van der Waals surface area contributed by atoms with Crippen molar-refractivity contribution in [3.8, 4) is 0 Å². The Kier molecular flexibility index (Phi) is 5.26. The maximum atomic E-state index is 13.9. The zero-order valence-electron chi connectivity index (χ0n) is 13.5. The Labute approximate surface area is 149 Å². The summed E-state index contributed by atoms with van der Waals surface area (Å²) in [4.78, 5) is 20.8. The van der Waals surface area contributed by atoms with Crippen molar-refractivity contribution in [1.82, 2.24) is 14.8 Å². The monoisotopic (exact) mass is 391 g/mol. The molecule has 1 fully saturated rings. The summed E-state index contributed by atoms with van der Waals surface area (Å²) < 4.78 is 14.6. The number of halogens is 2. The van der Waals surface area contributed by atoms with Crippen LogP contribution in [0.3, 0.4) is 0 Å². The average molecular weight is 392 g/mol. The second-order valence-electron chi connectivity index (χ2n) is 5.91. The Hall–Kier alpha value is -1.79. The van der Waals surface area contributed by atoms with Gasteiger partial charge in [0.1, 0.15) is 5.82 Å². The van der Waals surface area contributed by atoms with Crippen LogP contribution in [-0.2, 0) is 0 Å². The number of nitrogens with zero attached hydrogens (tertiary/aromatic N) is 3. The van der Waals surface area contributed by atoms with E-state index >= 15 is 0 Å². The van der Waals surface area contributed by atoms with Crippen molar-refractivity contribution in [2.24, 2.45) is 0 Å². The Morgan fingerprint density at radius 1 is 1.25 bits per heavy atom. The van der Waals surface area contributed by atoms with Crippen LogP contribution in [0.2, 0.25) is 0 Å². The predicted octanol–water partition coefficient (Wildman–Crippen LogP) is 3.50. The molecule has 6 heteroatoms. The van der Waals surface area contributed by atoms with E-state index in [1.165, 1.54) is 6.07 Å². The molecule has 0 spiro atoms. The number of benzene rings is 1. The highest BCUT2D eigenvalue weighted by Gasteiger charge is 2.26. The minimum absolute atomic E-state index is 0.123. The first-order valence-corrected chi connectivity index (χ1v) is 8.74. The van der Waals surface area contributed by atoms with E-state index in [-0.39, 0.29) is 17.5 Å². The van der Waals surface area contributed by atoms with Crippen molar-refractivity contribution in [3.05, 3.63) is 64.1 Å². The third-order valence-corrected chi connectivity index (χ3v) is 4.97. The Balaban J connectivity index is 1.64. The van der Waals surface area contributed by atoms with Crippen LogP contribution in [0, 0.1) is 5.82 Å². The van der Waals surface area contributed by atoms with Gasteiger partial charge in [-0.15, -0.1) is 0 Å². The number of pyridine rings is 1. The molecule has 1 aromatic carbocycles. The van der Waals surface area contributed by atoms with E-state index in [0.29, 0.717) is 17.6 Å². The van der Waals surface area contributed by atoms with Crippen molar-refractivity contribution < 1.29 is 9.18 Å². The molecule has 0 saturated carbocycles. The second kappa shape index (κ2) is 7.40. The summed E-state index contributed by atoms with van der Waals surface area (Å²) in [5.41, 5.74) is 1.29. The Morgan fingerprint density at radius 3 is 2.67 bits per heavy atom. The molecule has 1 unspecified atom stereocenters. The van der Waals surface area contributed by atoms with E-state index in [1.54, 1.807) is 23.2 Å². The standard InChI is InChI=1S/C18H19BrFN3O/c1-13(14-3-2-6-21-12-14)22-7-9-23(10-8-22)18(24)16-11-15(19)4-5-17(16)20/h2-6,11-13H,7-10H2,1H3. The summed E-state index contributed by atoms with van der Waals surface area (Å²) in [5.74, 6) is -0.725. The van der Waals surface area contributed by atoms with E-state index in [1.807, 2.05) is 12.3 Å². The molecule has 0 bridgehead atoms. The molecule has 2 aromatic rings. The molecule has 2 heterocycles. The number of hydrogen-bond acceptors (Lipinski definition) is 3. The number of aromatic nitrogens is 1. The molecule has 0 aliphatic carbocycles. The summed E-state index contributed by atoms with van der Waals surface area (Å²) >= 11 is 3.29. The second-order valence-corrected chi connectivity index (χ2v) is 6.83. The molecule has 1 atom stereocenters. The van der Waals surface area contributed by atoms with Gasteiger partial charge >= 0.3 is 0 Å². The van der Waals surface area contributed by atoms with Crippen molar-refractivity contribution >= 4 is 21.8 Å². The van der Waals surface area contributed by atoms with Crippen LogP contribution in [0.25, 0.3) is 0 Å². The van der Waals surface area contributed by atoms with Crippen LogP contribution >= 0.6 is 15.9 Å². The summed E-state index contributed by atoms with van der Waals surface area (Å²) in [5, 5.41) is 0. The van der Waals surface area contributed by atoms with Gasteiger partial charge in [0.15, 0.2) is 0 Å². The fraction of sp³-hybridized carbons (Fsp3) is 0.333. The van der Waals surface area contributed by atoms with Crippen molar-refractivity contribution in [3.63, 3.8) is 0 Å². The van der Waals surface area contributed by atoms with Gasteiger partial charge in [0.05, 0.1) is 5.56 Å². The van der Waals surface area contributed by atoms with Gasteiger partial charge in [0, 0.05) is 49.1 Å². The molecule has 126 valence electrons. The molecule has 1 aliphatic rings. The normalized spacial score (nSPS) is 16.9. The molecular weight excluding hydrogens is 373 g/mol. The molecule has 1 saturated heterocycles. The maximum absolute atomic E-state index is 13.9. The van der Waals surface area contributed by atoms with Gasteiger partial charge in [0.2, 0.25) is 0 Å². The zero-order chi connectivity index (χ0) is 17.1. The topological polar surface area (TPSA) is 36.4 Å². The van der Waals surface area contributed by atoms with Crippen molar-refractivity contribution in [2.45, 2.75) is 13.0 Å². The van der Waals surface area contributed by atoms with E-state index in [9.17, 15) is 9.18 Å². The summed E-state index contributed by atoms with van der Waals surface area (Å²) in [6, 6.07) is 8.70. The first-order valence-electron chi connectivity index (χ1n) is 7.94. The fourth-order valence-electron chi connectivity index (χ4n) is 2.98. The number of piperazine rings is 1. The Bertz CT molecular complexity index is 717. The molecule has 0 radical (unpaired) electrons. The van der Waals surface area contributed by atoms with Crippen molar-refractivity contribution in [2.75, 3.05) is 26.2 Å². The van der Waals surface area contributed by atoms with Crippen LogP contribution < -0.4 is 0 Å². The highest BCUT2D eigenvalue weighted by Crippen LogP contribution is 2.22. The lowest BCUT2D eigenvalue weighted by Gasteiger charge is -2.38. The van der Waals surface area contributed by atoms with Crippen molar-refractivity contribution in [1.29, 1.82) is 0 Å². The van der Waals surface area contributed by atoms with Crippen LogP contribution in [0.5, 0.6) is 0 Å². The fourth-order valence-corrected chi connectivity index (χ4v) is 3.34. The smallest absolute Gasteiger partial charge is 0.256 e. The SMILES string of the molecule is CC(c1cccnc1)N1CCN(C(=O)c2cc(Br)ccc2F)CC1. The molecule has 0 N–H and O–H groups in total. The average Bonchev–Trinajstić information content (AvgIpc) is 2.63. The number of hydrogen-bond donors (Lipinski definition) is 0. The third-order valence-electron chi connectivity index (χ3n) is 4.47. The number of carbonyl (C=O) groups excluding carboxylic acids is 1. The van der Waals surface area contributed by atoms with E-state index in [0.717, 1.165) is 18.7 Å². The van der Waals surface area contributed by atoms with Gasteiger partial charge in [-0.05, 0) is 36.8 Å². The molecule has 1 aromatic heterocycles. The first kappa shape index (κ1) is 17.0. The van der Waals surface area contributed by atoms with E-state index in [4.69, 9.17) is 0 Å². The van der Waals surface area contributed by atoms with Gasteiger partial charge in [-0.3, -0.25) is 14.7 Å². The quantitative estimate of drug-likeness (QED) is 0.803. The minimum Gasteiger partial charge on any atom is -0.336 e. The molecule has 24 heavy (non-hydrogen) atoms. The third kappa shape index (κ3) is 3.65. The molecular formula is C18H19BrFN3O. The van der Waals surface area contributed by atoms with Crippen LogP contribution in [0.15, 0.2) is 47.2 Å². The van der Waals surface area contributed by atoms with Gasteiger partial charge in [-0.25, -0.2) is 4.39 Å². The van der Waals surface area contributed by atoms with Gasteiger partial charge in [-0.2, -0.15) is 0 Å². The summed E-state index contributed by atoms with van der Waals surface area (Å²) in [6.07, 6.45) is 3.64. The Morgan fingerprint density at radius 2 is 2.00 bits per heavy atom. The summed E-state index contributed by atoms with van der Waals surface area (Å²) in [7, 11) is 0. The van der Waals surface area contributed by atoms with Gasteiger partial charge in [-0.1, -0.05) is 22.0 Å². The lowest BCUT2D eigenvalue weighted by molar-refractivity contribution is 0.0577. The minimum atomic E-state index is -0.477. The molecule has 4 nitrogen and oxygen atoms in total. The van der Waals surface area contributed by atoms with Gasteiger partial charge in [0.25, 0.3) is 5.91 Å². The van der Waals surface area contributed by atoms with E-state index in [2.05, 4.69) is 38.8 Å². The number of amides is 1. The highest BCUT2D eigenvalue weighted by atomic mass is 79.9. The van der Waals surface area contributed by atoms with Crippen LogP contribution in [-0.4, -0.2) is 46.9 Å². The van der Waals surface area contributed by atoms with E-state index < -0.39 is 5.82 Å². The zero-order valence-corrected chi connectivity index (χ0v) is 15.0. The molecule has 3 rings (SSSR count).